The Hall–Kier alpha value is -0.845. The van der Waals surface area contributed by atoms with Gasteiger partial charge in [-0.2, -0.15) is 0 Å². The molecule has 0 aliphatic carbocycles. The Balaban J connectivity index is 3.34. The predicted molar refractivity (Wildman–Crippen MR) is 53.4 cm³/mol. The molecule has 0 atom stereocenters. The number of hydrogen-bond acceptors (Lipinski definition) is 4. The molecule has 0 radical (unpaired) electrons. The summed E-state index contributed by atoms with van der Waals surface area (Å²) < 4.78 is 13.4. The minimum absolute atomic E-state index is 0.220. The van der Waals surface area contributed by atoms with Gasteiger partial charge in [0.15, 0.2) is 0 Å². The van der Waals surface area contributed by atoms with Crippen molar-refractivity contribution in [3.8, 4) is 0 Å². The van der Waals surface area contributed by atoms with E-state index in [1.54, 1.807) is 6.26 Å². The standard InChI is InChI=1S/C8H8BFO3S/c1-14-7-3-5(4-11)2-6(8(7)10)9(12)13/h2-4,12-13H,1H3. The first-order chi connectivity index (χ1) is 6.60. The molecule has 0 aromatic heterocycles. The molecular formula is C8H8BFO3S. The van der Waals surface area contributed by atoms with Crippen molar-refractivity contribution < 1.29 is 19.2 Å². The molecular weight excluding hydrogens is 206 g/mol. The van der Waals surface area contributed by atoms with Gasteiger partial charge in [0.1, 0.15) is 12.1 Å². The number of benzene rings is 1. The summed E-state index contributed by atoms with van der Waals surface area (Å²) in [6, 6.07) is 2.48. The number of hydrogen-bond donors (Lipinski definition) is 2. The lowest BCUT2D eigenvalue weighted by Gasteiger charge is -2.06. The molecule has 1 rings (SSSR count). The Kier molecular flexibility index (Phi) is 3.68. The molecule has 0 spiro atoms. The molecule has 0 unspecified atom stereocenters. The van der Waals surface area contributed by atoms with Crippen molar-refractivity contribution in [1.29, 1.82) is 0 Å². The maximum atomic E-state index is 13.4. The molecule has 0 heterocycles. The first-order valence-corrected chi connectivity index (χ1v) is 5.01. The highest BCUT2D eigenvalue weighted by Gasteiger charge is 2.20. The summed E-state index contributed by atoms with van der Waals surface area (Å²) in [6.45, 7) is 0. The van der Waals surface area contributed by atoms with E-state index < -0.39 is 12.9 Å². The van der Waals surface area contributed by atoms with Gasteiger partial charge in [0.05, 0.1) is 0 Å². The third kappa shape index (κ3) is 2.15. The number of carbonyl (C=O) groups excluding carboxylic acids is 1. The summed E-state index contributed by atoms with van der Waals surface area (Å²) in [5.41, 5.74) is -0.0576. The summed E-state index contributed by atoms with van der Waals surface area (Å²) in [6.07, 6.45) is 2.17. The molecule has 0 bridgehead atoms. The van der Waals surface area contributed by atoms with Crippen LogP contribution in [0, 0.1) is 5.82 Å². The molecule has 1 aromatic carbocycles. The van der Waals surface area contributed by atoms with Crippen LogP contribution in [-0.4, -0.2) is 29.7 Å². The van der Waals surface area contributed by atoms with E-state index >= 15 is 0 Å². The molecule has 6 heteroatoms. The SMILES string of the molecule is CSc1cc(C=O)cc(B(O)O)c1F. The third-order valence-electron chi connectivity index (χ3n) is 1.72. The summed E-state index contributed by atoms with van der Waals surface area (Å²) in [4.78, 5) is 10.7. The van der Waals surface area contributed by atoms with Crippen LogP contribution in [-0.2, 0) is 0 Å². The maximum absolute atomic E-state index is 13.4. The van der Waals surface area contributed by atoms with Gasteiger partial charge in [0.2, 0.25) is 0 Å². The van der Waals surface area contributed by atoms with Gasteiger partial charge in [-0.1, -0.05) is 0 Å². The van der Waals surface area contributed by atoms with Crippen LogP contribution in [0.2, 0.25) is 0 Å². The van der Waals surface area contributed by atoms with Gasteiger partial charge in [-0.05, 0) is 18.4 Å². The Labute approximate surface area is 85.1 Å². The second kappa shape index (κ2) is 4.59. The third-order valence-corrected chi connectivity index (χ3v) is 2.46. The fourth-order valence-corrected chi connectivity index (χ4v) is 1.60. The number of halogens is 1. The predicted octanol–water partition coefficient (Wildman–Crippen LogP) is 0.0399. The second-order valence-electron chi connectivity index (χ2n) is 2.62. The Morgan fingerprint density at radius 2 is 2.14 bits per heavy atom. The van der Waals surface area contributed by atoms with Gasteiger partial charge in [0.25, 0.3) is 0 Å². The zero-order valence-electron chi connectivity index (χ0n) is 7.40. The van der Waals surface area contributed by atoms with E-state index in [-0.39, 0.29) is 15.9 Å². The van der Waals surface area contributed by atoms with Crippen LogP contribution in [0.4, 0.5) is 4.39 Å². The molecule has 0 aliphatic rings. The lowest BCUT2D eigenvalue weighted by molar-refractivity contribution is 0.112. The highest BCUT2D eigenvalue weighted by Crippen LogP contribution is 2.18. The number of aldehydes is 1. The van der Waals surface area contributed by atoms with E-state index in [9.17, 15) is 9.18 Å². The monoisotopic (exact) mass is 214 g/mol. The van der Waals surface area contributed by atoms with Gasteiger partial charge in [-0.3, -0.25) is 4.79 Å². The lowest BCUT2D eigenvalue weighted by Crippen LogP contribution is -2.33. The van der Waals surface area contributed by atoms with Gasteiger partial charge in [0, 0.05) is 15.9 Å². The minimum atomic E-state index is -1.90. The average Bonchev–Trinajstić information content (AvgIpc) is 2.17. The Bertz CT molecular complexity index is 357. The fraction of sp³-hybridized carbons (Fsp3) is 0.125. The van der Waals surface area contributed by atoms with Crippen molar-refractivity contribution in [2.75, 3.05) is 6.26 Å². The molecule has 14 heavy (non-hydrogen) atoms. The maximum Gasteiger partial charge on any atom is 0.491 e. The van der Waals surface area contributed by atoms with Gasteiger partial charge in [-0.15, -0.1) is 11.8 Å². The summed E-state index contributed by atoms with van der Waals surface area (Å²) in [7, 11) is -1.90. The average molecular weight is 214 g/mol. The van der Waals surface area contributed by atoms with E-state index in [4.69, 9.17) is 10.0 Å². The minimum Gasteiger partial charge on any atom is -0.423 e. The fourth-order valence-electron chi connectivity index (χ4n) is 1.05. The first kappa shape index (κ1) is 11.2. The zero-order chi connectivity index (χ0) is 10.7. The van der Waals surface area contributed by atoms with Gasteiger partial charge in [-0.25, -0.2) is 4.39 Å². The number of thioether (sulfide) groups is 1. The van der Waals surface area contributed by atoms with Crippen LogP contribution >= 0.6 is 11.8 Å². The zero-order valence-corrected chi connectivity index (χ0v) is 8.21. The quantitative estimate of drug-likeness (QED) is 0.423. The molecule has 0 amide bonds. The molecule has 3 nitrogen and oxygen atoms in total. The van der Waals surface area contributed by atoms with Crippen molar-refractivity contribution in [2.45, 2.75) is 4.90 Å². The smallest absolute Gasteiger partial charge is 0.423 e. The summed E-state index contributed by atoms with van der Waals surface area (Å²) >= 11 is 1.10. The topological polar surface area (TPSA) is 57.5 Å². The summed E-state index contributed by atoms with van der Waals surface area (Å²) in [5, 5.41) is 17.7. The van der Waals surface area contributed by atoms with E-state index in [2.05, 4.69) is 0 Å². The van der Waals surface area contributed by atoms with Gasteiger partial charge < -0.3 is 10.0 Å². The van der Waals surface area contributed by atoms with Crippen LogP contribution in [0.5, 0.6) is 0 Å². The van der Waals surface area contributed by atoms with Crippen LogP contribution in [0.1, 0.15) is 10.4 Å². The van der Waals surface area contributed by atoms with Crippen molar-refractivity contribution in [3.63, 3.8) is 0 Å². The van der Waals surface area contributed by atoms with Crippen LogP contribution in [0.3, 0.4) is 0 Å². The molecule has 1 aromatic rings. The Morgan fingerprint density at radius 3 is 2.57 bits per heavy atom. The second-order valence-corrected chi connectivity index (χ2v) is 3.47. The van der Waals surface area contributed by atoms with Gasteiger partial charge >= 0.3 is 7.12 Å². The van der Waals surface area contributed by atoms with Crippen LogP contribution < -0.4 is 5.46 Å². The molecule has 0 aliphatic heterocycles. The van der Waals surface area contributed by atoms with Crippen LogP contribution in [0.15, 0.2) is 17.0 Å². The number of rotatable bonds is 3. The summed E-state index contributed by atoms with van der Waals surface area (Å²) in [5.74, 6) is -0.696. The lowest BCUT2D eigenvalue weighted by atomic mass is 9.79. The number of carbonyl (C=O) groups is 1. The molecule has 0 saturated heterocycles. The van der Waals surface area contributed by atoms with Crippen molar-refractivity contribution in [1.82, 2.24) is 0 Å². The highest BCUT2D eigenvalue weighted by atomic mass is 32.2. The molecule has 0 fully saturated rings. The van der Waals surface area contributed by atoms with Crippen molar-refractivity contribution in [2.24, 2.45) is 0 Å². The van der Waals surface area contributed by atoms with Crippen molar-refractivity contribution in [3.05, 3.63) is 23.5 Å². The first-order valence-electron chi connectivity index (χ1n) is 3.79. The van der Waals surface area contributed by atoms with E-state index in [0.717, 1.165) is 17.8 Å². The largest absolute Gasteiger partial charge is 0.491 e. The van der Waals surface area contributed by atoms with Crippen molar-refractivity contribution >= 4 is 30.6 Å². The highest BCUT2D eigenvalue weighted by molar-refractivity contribution is 7.98. The molecule has 2 N–H and O–H groups in total. The van der Waals surface area contributed by atoms with E-state index in [0.29, 0.717) is 6.29 Å². The molecule has 74 valence electrons. The molecule has 0 saturated carbocycles. The normalized spacial score (nSPS) is 10.0. The van der Waals surface area contributed by atoms with E-state index in [1.165, 1.54) is 6.07 Å². The van der Waals surface area contributed by atoms with Crippen LogP contribution in [0.25, 0.3) is 0 Å². The Morgan fingerprint density at radius 1 is 1.50 bits per heavy atom. The van der Waals surface area contributed by atoms with E-state index in [1.807, 2.05) is 0 Å².